The molecular weight excluding hydrogens is 202 g/mol. The summed E-state index contributed by atoms with van der Waals surface area (Å²) in [4.78, 5) is 4.35. The van der Waals surface area contributed by atoms with Crippen molar-refractivity contribution in [2.24, 2.45) is 0 Å². The van der Waals surface area contributed by atoms with Crippen LogP contribution in [0.25, 0.3) is 11.5 Å². The Kier molecular flexibility index (Phi) is 3.06. The Balaban J connectivity index is 2.36. The van der Waals surface area contributed by atoms with Gasteiger partial charge in [0, 0.05) is 12.2 Å². The molecule has 0 amide bonds. The predicted octanol–water partition coefficient (Wildman–Crippen LogP) is 2.49. The van der Waals surface area contributed by atoms with E-state index in [0.29, 0.717) is 12.3 Å². The Hall–Kier alpha value is -1.61. The van der Waals surface area contributed by atoms with E-state index in [1.165, 1.54) is 0 Å². The lowest BCUT2D eigenvalue weighted by atomic mass is 10.1. The molecule has 0 radical (unpaired) electrons. The fraction of sp³-hybridized carbons (Fsp3) is 0.308. The van der Waals surface area contributed by atoms with Crippen LogP contribution in [0.5, 0.6) is 0 Å². The number of nitrogens with zero attached hydrogens (tertiary/aromatic N) is 1. The highest BCUT2D eigenvalue weighted by atomic mass is 16.4. The molecule has 0 fully saturated rings. The predicted molar refractivity (Wildman–Crippen MR) is 62.2 cm³/mol. The van der Waals surface area contributed by atoms with Gasteiger partial charge in [0.15, 0.2) is 0 Å². The second-order valence-electron chi connectivity index (χ2n) is 3.83. The molecule has 2 aromatic rings. The van der Waals surface area contributed by atoms with E-state index in [9.17, 15) is 0 Å². The van der Waals surface area contributed by atoms with E-state index in [-0.39, 0.29) is 6.61 Å². The van der Waals surface area contributed by atoms with E-state index >= 15 is 0 Å². The Morgan fingerprint density at radius 3 is 2.75 bits per heavy atom. The van der Waals surface area contributed by atoms with Gasteiger partial charge >= 0.3 is 0 Å². The molecule has 84 valence electrons. The molecule has 0 unspecified atom stereocenters. The molecular formula is C13H15NO2. The molecule has 16 heavy (non-hydrogen) atoms. The van der Waals surface area contributed by atoms with Gasteiger partial charge in [-0.2, -0.15) is 0 Å². The first kappa shape index (κ1) is 10.9. The van der Waals surface area contributed by atoms with Crippen LogP contribution in [0.15, 0.2) is 28.7 Å². The van der Waals surface area contributed by atoms with Gasteiger partial charge in [0.2, 0.25) is 5.89 Å². The average molecular weight is 217 g/mol. The summed E-state index contributed by atoms with van der Waals surface area (Å²) in [5.41, 5.74) is 2.97. The van der Waals surface area contributed by atoms with Gasteiger partial charge < -0.3 is 9.52 Å². The Morgan fingerprint density at radius 2 is 2.12 bits per heavy atom. The number of aromatic nitrogens is 1. The molecule has 0 atom stereocenters. The number of aryl methyl sites for hydroxylation is 2. The van der Waals surface area contributed by atoms with Gasteiger partial charge in [-0.1, -0.05) is 12.1 Å². The topological polar surface area (TPSA) is 46.3 Å². The van der Waals surface area contributed by atoms with Crippen molar-refractivity contribution in [1.82, 2.24) is 4.98 Å². The van der Waals surface area contributed by atoms with Crippen molar-refractivity contribution < 1.29 is 9.52 Å². The smallest absolute Gasteiger partial charge is 0.226 e. The summed E-state index contributed by atoms with van der Waals surface area (Å²) in [7, 11) is 0. The normalized spacial score (nSPS) is 10.7. The van der Waals surface area contributed by atoms with Crippen LogP contribution < -0.4 is 0 Å². The fourth-order valence-electron chi connectivity index (χ4n) is 1.59. The molecule has 1 aromatic heterocycles. The minimum Gasteiger partial charge on any atom is -0.441 e. The molecule has 0 saturated heterocycles. The van der Waals surface area contributed by atoms with E-state index in [2.05, 4.69) is 4.98 Å². The standard InChI is InChI=1S/C13H15NO2/c1-9-10(2)16-13(14-9)12-5-3-4-11(8-12)6-7-15/h3-5,8,15H,6-7H2,1-2H3. The van der Waals surface area contributed by atoms with Gasteiger partial charge in [-0.15, -0.1) is 0 Å². The van der Waals surface area contributed by atoms with Gasteiger partial charge in [-0.3, -0.25) is 0 Å². The summed E-state index contributed by atoms with van der Waals surface area (Å²) < 4.78 is 5.56. The maximum Gasteiger partial charge on any atom is 0.226 e. The van der Waals surface area contributed by atoms with Gasteiger partial charge in [0.05, 0.1) is 5.69 Å². The highest BCUT2D eigenvalue weighted by molar-refractivity contribution is 5.54. The SMILES string of the molecule is Cc1nc(-c2cccc(CCO)c2)oc1C. The molecule has 3 heteroatoms. The van der Waals surface area contributed by atoms with Crippen molar-refractivity contribution in [2.45, 2.75) is 20.3 Å². The maximum absolute atomic E-state index is 8.89. The highest BCUT2D eigenvalue weighted by Crippen LogP contribution is 2.22. The first-order valence-corrected chi connectivity index (χ1v) is 5.35. The Morgan fingerprint density at radius 1 is 1.31 bits per heavy atom. The quantitative estimate of drug-likeness (QED) is 0.859. The van der Waals surface area contributed by atoms with Crippen LogP contribution in [0.2, 0.25) is 0 Å². The van der Waals surface area contributed by atoms with Crippen molar-refractivity contribution in [3.8, 4) is 11.5 Å². The number of aliphatic hydroxyl groups is 1. The molecule has 0 aliphatic carbocycles. The third-order valence-electron chi connectivity index (χ3n) is 2.60. The summed E-state index contributed by atoms with van der Waals surface area (Å²) in [5.74, 6) is 1.50. The van der Waals surface area contributed by atoms with Gasteiger partial charge in [-0.05, 0) is 38.0 Å². The van der Waals surface area contributed by atoms with Crippen molar-refractivity contribution in [3.63, 3.8) is 0 Å². The van der Waals surface area contributed by atoms with Crippen molar-refractivity contribution >= 4 is 0 Å². The molecule has 0 spiro atoms. The zero-order chi connectivity index (χ0) is 11.5. The molecule has 0 aliphatic rings. The van der Waals surface area contributed by atoms with Crippen LogP contribution in [0, 0.1) is 13.8 Å². The van der Waals surface area contributed by atoms with Crippen LogP contribution in [0.3, 0.4) is 0 Å². The van der Waals surface area contributed by atoms with E-state index in [1.807, 2.05) is 38.1 Å². The zero-order valence-electron chi connectivity index (χ0n) is 9.53. The molecule has 1 heterocycles. The third kappa shape index (κ3) is 2.14. The van der Waals surface area contributed by atoms with E-state index in [4.69, 9.17) is 9.52 Å². The number of hydrogen-bond donors (Lipinski definition) is 1. The number of hydrogen-bond acceptors (Lipinski definition) is 3. The number of rotatable bonds is 3. The summed E-state index contributed by atoms with van der Waals surface area (Å²) in [6.07, 6.45) is 0.659. The maximum atomic E-state index is 8.89. The van der Waals surface area contributed by atoms with Crippen molar-refractivity contribution in [1.29, 1.82) is 0 Å². The van der Waals surface area contributed by atoms with Crippen molar-refractivity contribution in [3.05, 3.63) is 41.3 Å². The second kappa shape index (κ2) is 4.49. The summed E-state index contributed by atoms with van der Waals surface area (Å²) in [6.45, 7) is 4.00. The van der Waals surface area contributed by atoms with Gasteiger partial charge in [-0.25, -0.2) is 4.98 Å². The summed E-state index contributed by atoms with van der Waals surface area (Å²) >= 11 is 0. The third-order valence-corrected chi connectivity index (χ3v) is 2.60. The Bertz CT molecular complexity index is 469. The minimum atomic E-state index is 0.160. The lowest BCUT2D eigenvalue weighted by Crippen LogP contribution is -1.90. The van der Waals surface area contributed by atoms with Crippen LogP contribution >= 0.6 is 0 Å². The van der Waals surface area contributed by atoms with E-state index in [1.54, 1.807) is 0 Å². The minimum absolute atomic E-state index is 0.160. The molecule has 3 nitrogen and oxygen atoms in total. The molecule has 0 saturated carbocycles. The highest BCUT2D eigenvalue weighted by Gasteiger charge is 2.08. The molecule has 0 bridgehead atoms. The van der Waals surface area contributed by atoms with Crippen LogP contribution in [-0.4, -0.2) is 16.7 Å². The molecule has 2 rings (SSSR count). The first-order chi connectivity index (χ1) is 7.70. The monoisotopic (exact) mass is 217 g/mol. The van der Waals surface area contributed by atoms with E-state index in [0.717, 1.165) is 22.6 Å². The number of benzene rings is 1. The van der Waals surface area contributed by atoms with Crippen LogP contribution in [-0.2, 0) is 6.42 Å². The van der Waals surface area contributed by atoms with Crippen LogP contribution in [0.1, 0.15) is 17.0 Å². The summed E-state index contributed by atoms with van der Waals surface area (Å²) in [6, 6.07) is 7.91. The lowest BCUT2D eigenvalue weighted by Gasteiger charge is -2.00. The molecule has 1 N–H and O–H groups in total. The average Bonchev–Trinajstić information content (AvgIpc) is 2.60. The molecule has 1 aromatic carbocycles. The zero-order valence-corrected chi connectivity index (χ0v) is 9.53. The second-order valence-corrected chi connectivity index (χ2v) is 3.83. The fourth-order valence-corrected chi connectivity index (χ4v) is 1.59. The van der Waals surface area contributed by atoms with E-state index < -0.39 is 0 Å². The van der Waals surface area contributed by atoms with Gasteiger partial charge in [0.25, 0.3) is 0 Å². The largest absolute Gasteiger partial charge is 0.441 e. The lowest BCUT2D eigenvalue weighted by molar-refractivity contribution is 0.299. The Labute approximate surface area is 94.8 Å². The summed E-state index contributed by atoms with van der Waals surface area (Å²) in [5, 5.41) is 8.89. The van der Waals surface area contributed by atoms with Crippen molar-refractivity contribution in [2.75, 3.05) is 6.61 Å². The number of aliphatic hydroxyl groups excluding tert-OH is 1. The van der Waals surface area contributed by atoms with Gasteiger partial charge in [0.1, 0.15) is 5.76 Å². The van der Waals surface area contributed by atoms with Crippen LogP contribution in [0.4, 0.5) is 0 Å². The number of oxazole rings is 1. The molecule has 0 aliphatic heterocycles. The first-order valence-electron chi connectivity index (χ1n) is 5.35.